The zero-order chi connectivity index (χ0) is 44.7. The average Bonchev–Trinajstić information content (AvgIpc) is 3.90. The molecule has 3 heteroatoms. The lowest BCUT2D eigenvalue weighted by Gasteiger charge is -2.34. The van der Waals surface area contributed by atoms with E-state index in [1.807, 2.05) is 36.4 Å². The molecule has 0 aliphatic rings. The minimum absolute atomic E-state index is 0.0479. The molecule has 0 bridgehead atoms. The van der Waals surface area contributed by atoms with Crippen LogP contribution in [0.3, 0.4) is 0 Å². The quantitative estimate of drug-likeness (QED) is 0.113. The lowest BCUT2D eigenvalue weighted by atomic mass is 9.99. The van der Waals surface area contributed by atoms with E-state index >= 15 is 0 Å². The normalized spacial score (nSPS) is 13.8. The van der Waals surface area contributed by atoms with Crippen LogP contribution in [-0.4, -0.2) is 17.2 Å². The third-order valence-electron chi connectivity index (χ3n) is 11.3. The molecule has 2 aromatic heterocycles. The van der Waals surface area contributed by atoms with Crippen LogP contribution < -0.4 is 20.7 Å². The van der Waals surface area contributed by atoms with Crippen LogP contribution >= 0.6 is 0 Å². The fraction of sp³-hybridized carbons (Fsp3) is 0. The lowest BCUT2D eigenvalue weighted by molar-refractivity contribution is 1.17. The predicted octanol–water partition coefficient (Wildman–Crippen LogP) is 10.9. The van der Waals surface area contributed by atoms with Crippen molar-refractivity contribution >= 4 is 72.4 Å². The number of aromatic nitrogens is 2. The molecule has 0 radical (unpaired) electrons. The molecule has 0 aliphatic heterocycles. The zero-order valence-electron chi connectivity index (χ0n) is 38.7. The van der Waals surface area contributed by atoms with Crippen LogP contribution in [0.5, 0.6) is 0 Å². The summed E-state index contributed by atoms with van der Waals surface area (Å²) in [5.74, 6) is 0. The molecule has 0 fully saturated rings. The minimum atomic E-state index is -2.80. The summed E-state index contributed by atoms with van der Waals surface area (Å²) in [7, 11) is -2.80. The lowest BCUT2D eigenvalue weighted by Crippen LogP contribution is -2.74. The van der Waals surface area contributed by atoms with Crippen molar-refractivity contribution in [2.75, 3.05) is 0 Å². The molecule has 2 heterocycles. The number of hydrogen-bond donors (Lipinski definition) is 0. The first-order valence-electron chi connectivity index (χ1n) is 23.0. The van der Waals surface area contributed by atoms with Crippen molar-refractivity contribution in [1.82, 2.24) is 9.13 Å². The first kappa shape index (κ1) is 25.8. The van der Waals surface area contributed by atoms with E-state index < -0.39 is 32.2 Å². The summed E-state index contributed by atoms with van der Waals surface area (Å²) < 4.78 is 74.5. The summed E-state index contributed by atoms with van der Waals surface area (Å²) >= 11 is 0. The second-order valence-electron chi connectivity index (χ2n) is 14.3. The number of benzene rings is 9. The average molecular weight is 751 g/mol. The largest absolute Gasteiger partial charge is 0.309 e. The smallest absolute Gasteiger partial charge is 0.179 e. The van der Waals surface area contributed by atoms with E-state index in [4.69, 9.17) is 11.0 Å². The van der Waals surface area contributed by atoms with E-state index in [0.717, 1.165) is 38.6 Å². The topological polar surface area (TPSA) is 9.86 Å². The summed E-state index contributed by atoms with van der Waals surface area (Å²) in [5, 5.41) is 6.99. The van der Waals surface area contributed by atoms with Gasteiger partial charge in [-0.15, -0.1) is 0 Å². The minimum Gasteiger partial charge on any atom is -0.309 e. The van der Waals surface area contributed by atoms with Crippen LogP contribution in [0.25, 0.3) is 66.1 Å². The monoisotopic (exact) mass is 750 g/mol. The first-order chi connectivity index (χ1) is 31.6. The van der Waals surface area contributed by atoms with Crippen LogP contribution in [0.4, 0.5) is 0 Å². The highest BCUT2D eigenvalue weighted by atomic mass is 28.3. The van der Waals surface area contributed by atoms with Crippen molar-refractivity contribution in [1.29, 1.82) is 0 Å². The highest BCUT2D eigenvalue weighted by molar-refractivity contribution is 7.19. The molecule has 0 saturated heterocycles. The van der Waals surface area contributed by atoms with Crippen molar-refractivity contribution in [3.05, 3.63) is 230 Å². The van der Waals surface area contributed by atoms with E-state index in [2.05, 4.69) is 150 Å². The van der Waals surface area contributed by atoms with Crippen LogP contribution in [0, 0.1) is 0 Å². The molecule has 0 N–H and O–H groups in total. The van der Waals surface area contributed by atoms with Gasteiger partial charge in [-0.05, 0) is 80.4 Å². The Bertz CT molecular complexity index is 3490. The highest BCUT2D eigenvalue weighted by Crippen LogP contribution is 2.40. The van der Waals surface area contributed by atoms with Gasteiger partial charge in [0.05, 0.1) is 33.0 Å². The second-order valence-corrected chi connectivity index (χ2v) is 18.1. The van der Waals surface area contributed by atoms with Gasteiger partial charge in [0.2, 0.25) is 0 Å². The number of fused-ring (bicyclic) bond motifs is 6. The maximum absolute atomic E-state index is 9.15. The van der Waals surface area contributed by atoms with Gasteiger partial charge in [-0.25, -0.2) is 0 Å². The maximum atomic E-state index is 9.15. The molecule has 0 spiro atoms. The Morgan fingerprint density at radius 2 is 0.825 bits per heavy atom. The molecule has 0 atom stereocenters. The number of nitrogens with zero attached hydrogens (tertiary/aromatic N) is 2. The van der Waals surface area contributed by atoms with Crippen molar-refractivity contribution in [3.8, 4) is 22.5 Å². The summed E-state index contributed by atoms with van der Waals surface area (Å²) in [6.07, 6.45) is 0. The van der Waals surface area contributed by atoms with Crippen LogP contribution in [0.2, 0.25) is 0 Å². The van der Waals surface area contributed by atoms with Gasteiger partial charge in [-0.3, -0.25) is 0 Å². The summed E-state index contributed by atoms with van der Waals surface area (Å²) in [5.41, 5.74) is 5.47. The van der Waals surface area contributed by atoms with Gasteiger partial charge < -0.3 is 9.13 Å². The molecule has 0 unspecified atom stereocenters. The Morgan fingerprint density at radius 3 is 1.39 bits per heavy atom. The maximum Gasteiger partial charge on any atom is 0.179 e. The third-order valence-corrected chi connectivity index (χ3v) is 16.1. The van der Waals surface area contributed by atoms with Gasteiger partial charge in [0, 0.05) is 32.9 Å². The van der Waals surface area contributed by atoms with Gasteiger partial charge in [-0.1, -0.05) is 182 Å². The van der Waals surface area contributed by atoms with Crippen molar-refractivity contribution in [2.24, 2.45) is 0 Å². The Hall–Kier alpha value is -7.20. The summed E-state index contributed by atoms with van der Waals surface area (Å²) in [4.78, 5) is 0. The molecular formula is C54H38N2Si. The van der Waals surface area contributed by atoms with Crippen LogP contribution in [-0.2, 0) is 0 Å². The molecule has 11 aromatic rings. The number of para-hydroxylation sites is 2. The third kappa shape index (κ3) is 5.17. The van der Waals surface area contributed by atoms with Gasteiger partial charge >= 0.3 is 0 Å². The molecule has 57 heavy (non-hydrogen) atoms. The van der Waals surface area contributed by atoms with Gasteiger partial charge in [0.15, 0.2) is 8.07 Å². The van der Waals surface area contributed by atoms with Crippen LogP contribution in [0.15, 0.2) is 230 Å². The predicted molar refractivity (Wildman–Crippen MR) is 244 cm³/mol. The van der Waals surface area contributed by atoms with Crippen molar-refractivity contribution in [2.45, 2.75) is 0 Å². The van der Waals surface area contributed by atoms with E-state index in [1.165, 1.54) is 20.7 Å². The first-order valence-corrected chi connectivity index (χ1v) is 21.0. The van der Waals surface area contributed by atoms with Crippen molar-refractivity contribution in [3.63, 3.8) is 0 Å². The fourth-order valence-electron chi connectivity index (χ4n) is 8.94. The van der Waals surface area contributed by atoms with Crippen LogP contribution in [0.1, 0.15) is 11.0 Å². The fourth-order valence-corrected chi connectivity index (χ4v) is 13.7. The molecule has 0 saturated carbocycles. The standard InChI is InChI=1S/C54H38N2Si/c1-5-18-39(19-6-1)46-28-17-31-53-54(46)49-38-41(56-50-29-15-13-26-47(50)48-27-14-16-30-51(48)56)34-37-52(49)55(53)40-32-35-45(36-33-40)57(42-20-7-2-8-21-42,43-22-9-3-10-23-43)44-24-11-4-12-25-44/h1-38H/i13D,14D,15D,16D,26D,27D,29D,30D. The molecule has 9 aromatic carbocycles. The van der Waals surface area contributed by atoms with E-state index in [0.29, 0.717) is 5.69 Å². The Morgan fingerprint density at radius 1 is 0.351 bits per heavy atom. The molecule has 11 rings (SSSR count). The Labute approximate surface area is 344 Å². The van der Waals surface area contributed by atoms with Gasteiger partial charge in [-0.2, -0.15) is 0 Å². The molecule has 2 nitrogen and oxygen atoms in total. The summed E-state index contributed by atoms with van der Waals surface area (Å²) in [6.45, 7) is 0. The Balaban J connectivity index is 1.21. The zero-order valence-corrected chi connectivity index (χ0v) is 31.7. The second kappa shape index (κ2) is 13.5. The van der Waals surface area contributed by atoms with Crippen molar-refractivity contribution < 1.29 is 11.0 Å². The number of rotatable bonds is 7. The Kier molecular flexibility index (Phi) is 6.12. The van der Waals surface area contributed by atoms with E-state index in [9.17, 15) is 0 Å². The molecule has 268 valence electrons. The van der Waals surface area contributed by atoms with E-state index in [-0.39, 0.29) is 46.0 Å². The molecule has 0 aliphatic carbocycles. The number of hydrogen-bond acceptors (Lipinski definition) is 0. The summed E-state index contributed by atoms with van der Waals surface area (Å²) in [6, 6.07) is 60.5. The SMILES string of the molecule is [2H]c1c([2H])c([2H])c2c(c1[2H])c1c([2H])c([2H])c([2H])c([2H])c1n2-c1ccc2c(c1)c1c(-c3ccccc3)cccc1n2-c1ccc([Si](c2ccccc2)(c2ccccc2)c2ccccc2)cc1. The molecular weight excluding hydrogens is 705 g/mol. The van der Waals surface area contributed by atoms with Gasteiger partial charge in [0.1, 0.15) is 0 Å². The van der Waals surface area contributed by atoms with E-state index in [1.54, 1.807) is 4.57 Å². The highest BCUT2D eigenvalue weighted by Gasteiger charge is 2.41. The molecule has 0 amide bonds. The van der Waals surface area contributed by atoms with Gasteiger partial charge in [0.25, 0.3) is 0 Å².